The first-order valence-electron chi connectivity index (χ1n) is 9.41. The Bertz CT molecular complexity index is 966. The number of anilines is 1. The maximum Gasteiger partial charge on any atom is 0.387 e. The first-order chi connectivity index (χ1) is 14.6. The maximum atomic E-state index is 12.5. The average Bonchev–Trinajstić information content (AvgIpc) is 3.21. The van der Waals surface area contributed by atoms with E-state index < -0.39 is 12.5 Å². The normalized spacial score (nSPS) is 10.9. The van der Waals surface area contributed by atoms with Crippen molar-refractivity contribution >= 4 is 23.4 Å². The van der Waals surface area contributed by atoms with E-state index in [-0.39, 0.29) is 17.2 Å². The van der Waals surface area contributed by atoms with Gasteiger partial charge in [0.25, 0.3) is 0 Å². The molecular weight excluding hydrogens is 412 g/mol. The zero-order valence-corrected chi connectivity index (χ0v) is 17.1. The quantitative estimate of drug-likeness (QED) is 0.479. The van der Waals surface area contributed by atoms with E-state index in [9.17, 15) is 13.6 Å². The van der Waals surface area contributed by atoms with Gasteiger partial charge < -0.3 is 10.1 Å². The lowest BCUT2D eigenvalue weighted by Gasteiger charge is -2.11. The first-order valence-corrected chi connectivity index (χ1v) is 10.4. The summed E-state index contributed by atoms with van der Waals surface area (Å²) >= 11 is 1.14. The molecule has 1 N–H and O–H groups in total. The number of aryl methyl sites for hydroxylation is 1. The molecule has 0 spiro atoms. The van der Waals surface area contributed by atoms with Gasteiger partial charge in [-0.2, -0.15) is 13.5 Å². The van der Waals surface area contributed by atoms with Crippen LogP contribution in [0.3, 0.4) is 0 Å². The third-order valence-electron chi connectivity index (χ3n) is 4.15. The van der Waals surface area contributed by atoms with Crippen molar-refractivity contribution in [3.63, 3.8) is 0 Å². The molecule has 3 aromatic rings. The van der Waals surface area contributed by atoms with Crippen LogP contribution in [0.25, 0.3) is 5.69 Å². The Kier molecular flexibility index (Phi) is 7.72. The van der Waals surface area contributed by atoms with Gasteiger partial charge in [0.1, 0.15) is 5.75 Å². The van der Waals surface area contributed by atoms with Gasteiger partial charge in [-0.15, -0.1) is 5.10 Å². The number of nitrogens with zero attached hydrogens (tertiary/aromatic N) is 4. The summed E-state index contributed by atoms with van der Waals surface area (Å²) in [5, 5.41) is 14.7. The molecule has 0 radical (unpaired) electrons. The number of nitrogens with one attached hydrogen (secondary N) is 1. The predicted molar refractivity (Wildman–Crippen MR) is 110 cm³/mol. The van der Waals surface area contributed by atoms with E-state index in [1.165, 1.54) is 17.7 Å². The Morgan fingerprint density at radius 3 is 2.70 bits per heavy atom. The number of para-hydroxylation sites is 2. The van der Waals surface area contributed by atoms with Crippen LogP contribution in [0.15, 0.2) is 53.7 Å². The summed E-state index contributed by atoms with van der Waals surface area (Å²) in [6.07, 6.45) is 3.28. The van der Waals surface area contributed by atoms with E-state index in [4.69, 9.17) is 0 Å². The largest absolute Gasteiger partial charge is 0.433 e. The van der Waals surface area contributed by atoms with Crippen LogP contribution < -0.4 is 10.1 Å². The van der Waals surface area contributed by atoms with Crippen LogP contribution in [0.1, 0.15) is 25.3 Å². The average molecular weight is 433 g/mol. The SMILES string of the molecule is CCCCc1ccc(-n2nnnc2SCC(=O)Nc2ccccc2OC(F)F)cc1. The molecule has 0 aliphatic carbocycles. The second kappa shape index (κ2) is 10.7. The van der Waals surface area contributed by atoms with E-state index in [0.717, 1.165) is 36.7 Å². The Morgan fingerprint density at radius 2 is 1.97 bits per heavy atom. The number of amides is 1. The van der Waals surface area contributed by atoms with Crippen molar-refractivity contribution < 1.29 is 18.3 Å². The van der Waals surface area contributed by atoms with Gasteiger partial charge in [-0.05, 0) is 53.1 Å². The smallest absolute Gasteiger partial charge is 0.387 e. The number of unbranched alkanes of at least 4 members (excludes halogenated alkanes) is 1. The lowest BCUT2D eigenvalue weighted by molar-refractivity contribution is -0.113. The number of benzene rings is 2. The Hall–Kier alpha value is -3.01. The van der Waals surface area contributed by atoms with Crippen molar-refractivity contribution in [3.8, 4) is 11.4 Å². The highest BCUT2D eigenvalue weighted by Gasteiger charge is 2.14. The fraction of sp³-hybridized carbons (Fsp3) is 0.300. The highest BCUT2D eigenvalue weighted by atomic mass is 32.2. The summed E-state index contributed by atoms with van der Waals surface area (Å²) in [5.41, 5.74) is 2.21. The van der Waals surface area contributed by atoms with Crippen molar-refractivity contribution in [2.75, 3.05) is 11.1 Å². The molecule has 3 rings (SSSR count). The third-order valence-corrected chi connectivity index (χ3v) is 5.07. The van der Waals surface area contributed by atoms with Crippen LogP contribution in [0.4, 0.5) is 14.5 Å². The molecular formula is C20H21F2N5O2S. The lowest BCUT2D eigenvalue weighted by atomic mass is 10.1. The number of hydrogen-bond acceptors (Lipinski definition) is 6. The molecule has 2 aromatic carbocycles. The number of ether oxygens (including phenoxy) is 1. The zero-order valence-electron chi connectivity index (χ0n) is 16.3. The van der Waals surface area contributed by atoms with Gasteiger partial charge in [0.15, 0.2) is 0 Å². The Morgan fingerprint density at radius 1 is 1.20 bits per heavy atom. The molecule has 1 heterocycles. The van der Waals surface area contributed by atoms with Gasteiger partial charge in [-0.1, -0.05) is 49.4 Å². The number of thioether (sulfide) groups is 1. The minimum Gasteiger partial charge on any atom is -0.433 e. The fourth-order valence-corrected chi connectivity index (χ4v) is 3.39. The lowest BCUT2D eigenvalue weighted by Crippen LogP contribution is -2.16. The van der Waals surface area contributed by atoms with E-state index in [2.05, 4.69) is 32.5 Å². The molecule has 10 heteroatoms. The Labute approximate surface area is 176 Å². The van der Waals surface area contributed by atoms with Crippen LogP contribution in [-0.4, -0.2) is 38.5 Å². The number of alkyl halides is 2. The van der Waals surface area contributed by atoms with Crippen molar-refractivity contribution in [2.45, 2.75) is 38.0 Å². The van der Waals surface area contributed by atoms with Crippen LogP contribution in [0.5, 0.6) is 5.75 Å². The number of rotatable bonds is 10. The molecule has 1 aromatic heterocycles. The number of carbonyl (C=O) groups is 1. The molecule has 0 aliphatic rings. The van der Waals surface area contributed by atoms with Gasteiger partial charge in [0.2, 0.25) is 11.1 Å². The molecule has 0 saturated heterocycles. The van der Waals surface area contributed by atoms with Gasteiger partial charge >= 0.3 is 6.61 Å². The highest BCUT2D eigenvalue weighted by Crippen LogP contribution is 2.26. The van der Waals surface area contributed by atoms with Crippen molar-refractivity contribution in [3.05, 3.63) is 54.1 Å². The van der Waals surface area contributed by atoms with Crippen molar-refractivity contribution in [1.29, 1.82) is 0 Å². The maximum absolute atomic E-state index is 12.5. The van der Waals surface area contributed by atoms with E-state index in [1.807, 2.05) is 24.3 Å². The number of carbonyl (C=O) groups excluding carboxylic acids is 1. The van der Waals surface area contributed by atoms with Crippen molar-refractivity contribution in [2.24, 2.45) is 0 Å². The van der Waals surface area contributed by atoms with Crippen LogP contribution in [0.2, 0.25) is 0 Å². The van der Waals surface area contributed by atoms with Gasteiger partial charge in [0, 0.05) is 0 Å². The van der Waals surface area contributed by atoms with Crippen LogP contribution in [-0.2, 0) is 11.2 Å². The second-order valence-electron chi connectivity index (χ2n) is 6.35. The second-order valence-corrected chi connectivity index (χ2v) is 7.30. The first kappa shape index (κ1) is 21.7. The molecule has 30 heavy (non-hydrogen) atoms. The Balaban J connectivity index is 1.61. The number of hydrogen-bond donors (Lipinski definition) is 1. The molecule has 0 saturated carbocycles. The predicted octanol–water partition coefficient (Wildman–Crippen LogP) is 4.34. The molecule has 1 amide bonds. The molecule has 0 atom stereocenters. The topological polar surface area (TPSA) is 81.9 Å². The standard InChI is InChI=1S/C20H21F2N5O2S/c1-2-3-6-14-9-11-15(12-10-14)27-20(24-25-26-27)30-13-18(28)23-16-7-4-5-8-17(16)29-19(21)22/h4-5,7-12,19H,2-3,6,13H2,1H3,(H,23,28). The highest BCUT2D eigenvalue weighted by molar-refractivity contribution is 7.99. The monoisotopic (exact) mass is 433 g/mol. The van der Waals surface area contributed by atoms with Gasteiger partial charge in [0.05, 0.1) is 17.1 Å². The van der Waals surface area contributed by atoms with E-state index in [0.29, 0.717) is 5.16 Å². The number of aromatic nitrogens is 4. The summed E-state index contributed by atoms with van der Waals surface area (Å²) < 4.78 is 31.0. The molecule has 7 nitrogen and oxygen atoms in total. The van der Waals surface area contributed by atoms with E-state index in [1.54, 1.807) is 16.8 Å². The van der Waals surface area contributed by atoms with Crippen LogP contribution in [0, 0.1) is 0 Å². The summed E-state index contributed by atoms with van der Waals surface area (Å²) in [6.45, 7) is -0.824. The number of halogens is 2. The molecule has 0 bridgehead atoms. The van der Waals surface area contributed by atoms with Crippen molar-refractivity contribution in [1.82, 2.24) is 20.2 Å². The molecule has 0 fully saturated rings. The summed E-state index contributed by atoms with van der Waals surface area (Å²) in [4.78, 5) is 12.3. The third kappa shape index (κ3) is 5.99. The van der Waals surface area contributed by atoms with E-state index >= 15 is 0 Å². The molecule has 0 unspecified atom stereocenters. The molecule has 0 aliphatic heterocycles. The zero-order chi connectivity index (χ0) is 21.3. The summed E-state index contributed by atoms with van der Waals surface area (Å²) in [7, 11) is 0. The molecule has 158 valence electrons. The minimum atomic E-state index is -2.98. The summed E-state index contributed by atoms with van der Waals surface area (Å²) in [6, 6.07) is 14.0. The minimum absolute atomic E-state index is 0.00201. The van der Waals surface area contributed by atoms with Gasteiger partial charge in [-0.25, -0.2) is 0 Å². The fourth-order valence-electron chi connectivity index (χ4n) is 2.70. The summed E-state index contributed by atoms with van der Waals surface area (Å²) in [5.74, 6) is -0.494. The van der Waals surface area contributed by atoms with Gasteiger partial charge in [-0.3, -0.25) is 4.79 Å². The number of tetrazole rings is 1. The van der Waals surface area contributed by atoms with Crippen LogP contribution >= 0.6 is 11.8 Å².